The molecule has 19 heavy (non-hydrogen) atoms. The van der Waals surface area contributed by atoms with Crippen molar-refractivity contribution in [3.63, 3.8) is 0 Å². The minimum absolute atomic E-state index is 0.183. The molecule has 5 aliphatic rings. The van der Waals surface area contributed by atoms with E-state index in [-0.39, 0.29) is 29.6 Å². The monoisotopic (exact) mass is 261 g/mol. The zero-order valence-corrected chi connectivity index (χ0v) is 11.6. The first-order valence-electron chi connectivity index (χ1n) is 6.91. The molecule has 3 fully saturated rings. The van der Waals surface area contributed by atoms with Crippen molar-refractivity contribution < 1.29 is 14.3 Å². The van der Waals surface area contributed by atoms with Crippen molar-refractivity contribution in [2.45, 2.75) is 38.6 Å². The molecular weight excluding hydrogens is 242 g/mol. The number of hydrogen-bond donors (Lipinski definition) is 0. The first-order valence-corrected chi connectivity index (χ1v) is 6.91. The van der Waals surface area contributed by atoms with E-state index in [1.165, 1.54) is 0 Å². The van der Waals surface area contributed by atoms with E-state index < -0.39 is 5.41 Å². The Morgan fingerprint density at radius 2 is 2.21 bits per heavy atom. The van der Waals surface area contributed by atoms with Crippen molar-refractivity contribution in [2.75, 3.05) is 13.2 Å². The van der Waals surface area contributed by atoms with Gasteiger partial charge in [-0.25, -0.2) is 0 Å². The average molecular weight is 261 g/mol. The number of carbonyl (C=O) groups is 1. The Bertz CT molecular complexity index is 538. The van der Waals surface area contributed by atoms with Crippen molar-refractivity contribution in [3.8, 4) is 0 Å². The molecule has 1 spiro atoms. The summed E-state index contributed by atoms with van der Waals surface area (Å²) in [6, 6.07) is 0.183. The Morgan fingerprint density at radius 3 is 2.79 bits per heavy atom. The molecule has 0 amide bonds. The van der Waals surface area contributed by atoms with Gasteiger partial charge < -0.3 is 14.4 Å². The maximum atomic E-state index is 12.8. The lowest BCUT2D eigenvalue weighted by molar-refractivity contribution is -0.158. The molecule has 0 aromatic rings. The van der Waals surface area contributed by atoms with E-state index in [0.717, 1.165) is 11.1 Å². The molecule has 0 aromatic carbocycles. The van der Waals surface area contributed by atoms with Gasteiger partial charge in [0, 0.05) is 12.1 Å². The highest BCUT2D eigenvalue weighted by molar-refractivity contribution is 6.09. The van der Waals surface area contributed by atoms with Crippen molar-refractivity contribution in [1.82, 2.24) is 4.90 Å². The highest BCUT2D eigenvalue weighted by Gasteiger charge is 2.80. The van der Waals surface area contributed by atoms with Gasteiger partial charge in [-0.2, -0.15) is 0 Å². The minimum Gasteiger partial charge on any atom is -0.353 e. The molecule has 4 unspecified atom stereocenters. The average Bonchev–Trinajstić information content (AvgIpc) is 2.98. The molecule has 0 aromatic heterocycles. The van der Waals surface area contributed by atoms with Gasteiger partial charge in [0.2, 0.25) is 0 Å². The smallest absolute Gasteiger partial charge is 0.177 e. The standard InChI is InChI=1S/C15H19NO3/c1-8(2)12-18-6-10-5-16-11-9(3)15(10,7-19-12)13(17)14(11,16)4/h5,8,11-12H,3,6-7H2,1-2,4H3. The van der Waals surface area contributed by atoms with Gasteiger partial charge in [0.15, 0.2) is 12.1 Å². The number of nitrogens with zero attached hydrogens (tertiary/aromatic N) is 1. The van der Waals surface area contributed by atoms with Crippen LogP contribution in [0, 0.1) is 11.3 Å². The normalized spacial score (nSPS) is 47.2. The van der Waals surface area contributed by atoms with Crippen molar-refractivity contribution in [1.29, 1.82) is 0 Å². The second-order valence-electron chi connectivity index (χ2n) is 6.61. The topological polar surface area (TPSA) is 38.5 Å². The van der Waals surface area contributed by atoms with Crippen molar-refractivity contribution in [2.24, 2.45) is 11.3 Å². The number of rotatable bonds is 1. The minimum atomic E-state index is -0.613. The van der Waals surface area contributed by atoms with Crippen LogP contribution in [0.3, 0.4) is 0 Å². The summed E-state index contributed by atoms with van der Waals surface area (Å²) in [5.41, 5.74) is 1.06. The quantitative estimate of drug-likeness (QED) is 0.529. The van der Waals surface area contributed by atoms with Crippen LogP contribution in [0.1, 0.15) is 20.8 Å². The molecule has 1 saturated carbocycles. The summed E-state index contributed by atoms with van der Waals surface area (Å²) < 4.78 is 11.7. The van der Waals surface area contributed by atoms with E-state index in [0.29, 0.717) is 13.2 Å². The zero-order chi connectivity index (χ0) is 13.6. The van der Waals surface area contributed by atoms with Gasteiger partial charge in [-0.1, -0.05) is 20.4 Å². The van der Waals surface area contributed by atoms with Crippen molar-refractivity contribution in [3.05, 3.63) is 23.9 Å². The van der Waals surface area contributed by atoms with Crippen molar-refractivity contribution >= 4 is 5.78 Å². The Hall–Kier alpha value is -1.13. The van der Waals surface area contributed by atoms with Crippen LogP contribution in [-0.2, 0) is 14.3 Å². The van der Waals surface area contributed by atoms with Crippen LogP contribution in [-0.4, -0.2) is 41.8 Å². The molecule has 0 radical (unpaired) electrons. The molecule has 4 heterocycles. The van der Waals surface area contributed by atoms with Crippen LogP contribution in [0.4, 0.5) is 0 Å². The molecule has 0 N–H and O–H groups in total. The Balaban J connectivity index is 1.78. The van der Waals surface area contributed by atoms with E-state index >= 15 is 0 Å². The predicted octanol–water partition coefficient (Wildman–Crippen LogP) is 1.48. The fraction of sp³-hybridized carbons (Fsp3) is 0.667. The van der Waals surface area contributed by atoms with E-state index in [2.05, 4.69) is 31.5 Å². The first-order chi connectivity index (χ1) is 8.94. The lowest BCUT2D eigenvalue weighted by Gasteiger charge is -2.38. The SMILES string of the molecule is C=C1C2N3C=C4COC(C(C)C)OCC14C(=O)C23C. The third-order valence-electron chi connectivity index (χ3n) is 5.26. The second kappa shape index (κ2) is 3.13. The number of hydrogen-bond acceptors (Lipinski definition) is 4. The molecule has 5 rings (SSSR count). The molecular formula is C15H19NO3. The number of carbonyl (C=O) groups excluding carboxylic acids is 1. The van der Waals surface area contributed by atoms with Crippen LogP contribution < -0.4 is 0 Å². The maximum Gasteiger partial charge on any atom is 0.177 e. The van der Waals surface area contributed by atoms with Gasteiger partial charge in [0.1, 0.15) is 11.0 Å². The van der Waals surface area contributed by atoms with Crippen LogP contribution in [0.5, 0.6) is 0 Å². The number of ketones is 1. The fourth-order valence-corrected chi connectivity index (χ4v) is 4.04. The summed E-state index contributed by atoms with van der Waals surface area (Å²) >= 11 is 0. The van der Waals surface area contributed by atoms with E-state index in [1.807, 2.05) is 6.92 Å². The lowest BCUT2D eigenvalue weighted by Crippen LogP contribution is -2.47. The van der Waals surface area contributed by atoms with Gasteiger partial charge in [-0.3, -0.25) is 4.79 Å². The highest BCUT2D eigenvalue weighted by atomic mass is 16.7. The Kier molecular flexibility index (Phi) is 1.92. The molecule has 2 saturated heterocycles. The largest absolute Gasteiger partial charge is 0.353 e. The van der Waals surface area contributed by atoms with Gasteiger partial charge in [0.25, 0.3) is 0 Å². The number of piperidine rings is 1. The molecule has 1 aliphatic carbocycles. The summed E-state index contributed by atoms with van der Waals surface area (Å²) in [6.45, 7) is 11.2. The zero-order valence-electron chi connectivity index (χ0n) is 11.6. The van der Waals surface area contributed by atoms with Crippen LogP contribution in [0.2, 0.25) is 0 Å². The summed E-state index contributed by atoms with van der Waals surface area (Å²) in [6.07, 6.45) is 1.87. The van der Waals surface area contributed by atoms with Gasteiger partial charge in [-0.05, 0) is 18.1 Å². The van der Waals surface area contributed by atoms with Gasteiger partial charge in [0.05, 0.1) is 19.3 Å². The molecule has 4 atom stereocenters. The highest BCUT2D eigenvalue weighted by Crippen LogP contribution is 2.67. The van der Waals surface area contributed by atoms with E-state index in [9.17, 15) is 4.79 Å². The Morgan fingerprint density at radius 1 is 1.47 bits per heavy atom. The molecule has 102 valence electrons. The maximum absolute atomic E-state index is 12.8. The van der Waals surface area contributed by atoms with Crippen LogP contribution >= 0.6 is 0 Å². The van der Waals surface area contributed by atoms with E-state index in [4.69, 9.17) is 9.47 Å². The summed E-state index contributed by atoms with van der Waals surface area (Å²) in [5, 5.41) is 0. The van der Waals surface area contributed by atoms with Gasteiger partial charge >= 0.3 is 0 Å². The number of ether oxygens (including phenoxy) is 2. The second-order valence-corrected chi connectivity index (χ2v) is 6.61. The third kappa shape index (κ3) is 1.04. The molecule has 4 nitrogen and oxygen atoms in total. The van der Waals surface area contributed by atoms with Crippen LogP contribution in [0.25, 0.3) is 0 Å². The van der Waals surface area contributed by atoms with Gasteiger partial charge in [-0.15, -0.1) is 0 Å². The molecule has 4 bridgehead atoms. The third-order valence-corrected chi connectivity index (χ3v) is 5.26. The van der Waals surface area contributed by atoms with Crippen LogP contribution in [0.15, 0.2) is 23.9 Å². The summed E-state index contributed by atoms with van der Waals surface area (Å²) in [4.78, 5) is 15.0. The Labute approximate surface area is 113 Å². The fourth-order valence-electron chi connectivity index (χ4n) is 4.04. The predicted molar refractivity (Wildman–Crippen MR) is 69.2 cm³/mol. The lowest BCUT2D eigenvalue weighted by atomic mass is 9.72. The first kappa shape index (κ1) is 11.7. The molecule has 4 heteroatoms. The van der Waals surface area contributed by atoms with E-state index in [1.54, 1.807) is 0 Å². The number of Topliss-reactive ketones (excluding diaryl/α,β-unsaturated/α-hetero) is 1. The molecule has 4 aliphatic heterocycles. The summed E-state index contributed by atoms with van der Waals surface area (Å²) in [5.74, 6) is 0.529. The summed E-state index contributed by atoms with van der Waals surface area (Å²) in [7, 11) is 0.